The quantitative estimate of drug-likeness (QED) is 0.360. The van der Waals surface area contributed by atoms with E-state index >= 15 is 0 Å². The SMILES string of the molecule is NC(=O)CS[C@@H]1OC(CO)[C@@H](O)C(O)C1O. The molecule has 0 aliphatic carbocycles. The van der Waals surface area contributed by atoms with Crippen molar-refractivity contribution < 1.29 is 30.0 Å². The Hall–Kier alpha value is -0.380. The third-order valence-corrected chi connectivity index (χ3v) is 3.41. The minimum absolute atomic E-state index is 0.0807. The normalized spacial score (nSPS) is 39.6. The largest absolute Gasteiger partial charge is 0.394 e. The van der Waals surface area contributed by atoms with E-state index in [0.717, 1.165) is 11.8 Å². The molecule has 1 amide bonds. The minimum Gasteiger partial charge on any atom is -0.394 e. The zero-order valence-corrected chi connectivity index (χ0v) is 9.21. The molecule has 1 saturated heterocycles. The van der Waals surface area contributed by atoms with Crippen LogP contribution in [-0.4, -0.2) is 68.5 Å². The van der Waals surface area contributed by atoms with Gasteiger partial charge in [0.05, 0.1) is 12.4 Å². The molecule has 0 bridgehead atoms. The van der Waals surface area contributed by atoms with Crippen LogP contribution in [0, 0.1) is 0 Å². The van der Waals surface area contributed by atoms with Gasteiger partial charge in [0.15, 0.2) is 0 Å². The van der Waals surface area contributed by atoms with Gasteiger partial charge in [-0.3, -0.25) is 4.79 Å². The molecule has 16 heavy (non-hydrogen) atoms. The lowest BCUT2D eigenvalue weighted by molar-refractivity contribution is -0.205. The predicted molar refractivity (Wildman–Crippen MR) is 55.4 cm³/mol. The van der Waals surface area contributed by atoms with Gasteiger partial charge < -0.3 is 30.9 Å². The van der Waals surface area contributed by atoms with E-state index in [-0.39, 0.29) is 5.75 Å². The van der Waals surface area contributed by atoms with Crippen LogP contribution in [0.15, 0.2) is 0 Å². The molecule has 3 unspecified atom stereocenters. The zero-order chi connectivity index (χ0) is 12.3. The molecule has 0 aromatic rings. The van der Waals surface area contributed by atoms with Crippen molar-refractivity contribution in [3.63, 3.8) is 0 Å². The van der Waals surface area contributed by atoms with Crippen LogP contribution in [0.4, 0.5) is 0 Å². The van der Waals surface area contributed by atoms with Gasteiger partial charge in [-0.25, -0.2) is 0 Å². The summed E-state index contributed by atoms with van der Waals surface area (Å²) in [4.78, 5) is 10.5. The van der Waals surface area contributed by atoms with Crippen LogP contribution in [0.2, 0.25) is 0 Å². The second kappa shape index (κ2) is 5.80. The van der Waals surface area contributed by atoms with Gasteiger partial charge in [-0.05, 0) is 0 Å². The van der Waals surface area contributed by atoms with Gasteiger partial charge in [-0.1, -0.05) is 0 Å². The number of amides is 1. The molecule has 1 fully saturated rings. The number of rotatable bonds is 4. The Morgan fingerprint density at radius 2 is 1.88 bits per heavy atom. The Bertz CT molecular complexity index is 251. The fourth-order valence-corrected chi connectivity index (χ4v) is 2.28. The van der Waals surface area contributed by atoms with Gasteiger partial charge in [-0.15, -0.1) is 11.8 Å². The first-order chi connectivity index (χ1) is 7.47. The third-order valence-electron chi connectivity index (χ3n) is 2.24. The number of carbonyl (C=O) groups excluding carboxylic acids is 1. The summed E-state index contributed by atoms with van der Waals surface area (Å²) in [5.74, 6) is -0.662. The highest BCUT2D eigenvalue weighted by molar-refractivity contribution is 8.00. The molecule has 1 aliphatic heterocycles. The summed E-state index contributed by atoms with van der Waals surface area (Å²) in [5, 5.41) is 37.3. The summed E-state index contributed by atoms with van der Waals surface area (Å²) in [6.45, 7) is -0.488. The Balaban J connectivity index is 2.60. The molecule has 1 rings (SSSR count). The molecule has 7 nitrogen and oxygen atoms in total. The van der Waals surface area contributed by atoms with Crippen molar-refractivity contribution in [1.29, 1.82) is 0 Å². The summed E-state index contributed by atoms with van der Waals surface area (Å²) in [6.07, 6.45) is -5.09. The highest BCUT2D eigenvalue weighted by Gasteiger charge is 2.43. The van der Waals surface area contributed by atoms with Gasteiger partial charge >= 0.3 is 0 Å². The molecule has 0 aromatic heterocycles. The molecule has 8 heteroatoms. The number of hydrogen-bond donors (Lipinski definition) is 5. The van der Waals surface area contributed by atoms with E-state index in [9.17, 15) is 20.1 Å². The fourth-order valence-electron chi connectivity index (χ4n) is 1.37. The van der Waals surface area contributed by atoms with E-state index in [4.69, 9.17) is 15.6 Å². The summed E-state index contributed by atoms with van der Waals surface area (Å²) in [7, 11) is 0. The minimum atomic E-state index is -1.42. The van der Waals surface area contributed by atoms with Crippen molar-refractivity contribution in [2.24, 2.45) is 5.73 Å². The molecule has 0 aromatic carbocycles. The predicted octanol–water partition coefficient (Wildman–Crippen LogP) is -3.00. The van der Waals surface area contributed by atoms with Gasteiger partial charge in [0.2, 0.25) is 5.91 Å². The second-order valence-electron chi connectivity index (χ2n) is 3.47. The van der Waals surface area contributed by atoms with Crippen molar-refractivity contribution in [1.82, 2.24) is 0 Å². The molecular formula is C8H15NO6S. The Morgan fingerprint density at radius 1 is 1.25 bits per heavy atom. The standard InChI is InChI=1S/C8H15NO6S/c9-4(11)2-16-8-7(14)6(13)5(12)3(1-10)15-8/h3,5-8,10,12-14H,1-2H2,(H2,9,11)/t3?,5-,6?,7?,8+/m1/s1. The molecule has 5 atom stereocenters. The molecule has 94 valence electrons. The fraction of sp³-hybridized carbons (Fsp3) is 0.875. The molecule has 1 heterocycles. The summed E-state index contributed by atoms with van der Waals surface area (Å²) < 4.78 is 5.13. The van der Waals surface area contributed by atoms with Crippen molar-refractivity contribution >= 4 is 17.7 Å². The van der Waals surface area contributed by atoms with Crippen LogP contribution in [0.1, 0.15) is 0 Å². The molecule has 6 N–H and O–H groups in total. The first kappa shape index (κ1) is 13.7. The lowest BCUT2D eigenvalue weighted by atomic mass is 10.0. The van der Waals surface area contributed by atoms with Gasteiger partial charge in [0.25, 0.3) is 0 Å². The van der Waals surface area contributed by atoms with Crippen molar-refractivity contribution in [3.05, 3.63) is 0 Å². The van der Waals surface area contributed by atoms with Crippen LogP contribution in [-0.2, 0) is 9.53 Å². The van der Waals surface area contributed by atoms with E-state index in [2.05, 4.69) is 0 Å². The number of aliphatic hydroxyl groups excluding tert-OH is 4. The Kier molecular flexibility index (Phi) is 4.96. The summed E-state index contributed by atoms with van der Waals surface area (Å²) in [6, 6.07) is 0. The number of thioether (sulfide) groups is 1. The average molecular weight is 253 g/mol. The smallest absolute Gasteiger partial charge is 0.227 e. The third kappa shape index (κ3) is 3.06. The lowest BCUT2D eigenvalue weighted by Gasteiger charge is -2.39. The number of carbonyl (C=O) groups is 1. The first-order valence-electron chi connectivity index (χ1n) is 4.67. The number of ether oxygens (including phenoxy) is 1. The number of nitrogens with two attached hydrogens (primary N) is 1. The molecule has 0 spiro atoms. The van der Waals surface area contributed by atoms with E-state index in [1.807, 2.05) is 0 Å². The maximum Gasteiger partial charge on any atom is 0.227 e. The molecule has 0 radical (unpaired) electrons. The summed E-state index contributed by atoms with van der Waals surface area (Å²) in [5.41, 5.74) is 4.03. The summed E-state index contributed by atoms with van der Waals surface area (Å²) >= 11 is 0.909. The lowest BCUT2D eigenvalue weighted by Crippen LogP contribution is -2.57. The van der Waals surface area contributed by atoms with E-state index in [1.165, 1.54) is 0 Å². The van der Waals surface area contributed by atoms with Crippen molar-refractivity contribution in [2.45, 2.75) is 29.9 Å². The van der Waals surface area contributed by atoms with Crippen molar-refractivity contribution in [3.8, 4) is 0 Å². The van der Waals surface area contributed by atoms with Crippen LogP contribution in [0.25, 0.3) is 0 Å². The monoisotopic (exact) mass is 253 g/mol. The van der Waals surface area contributed by atoms with Crippen LogP contribution in [0.5, 0.6) is 0 Å². The van der Waals surface area contributed by atoms with Crippen LogP contribution >= 0.6 is 11.8 Å². The maximum absolute atomic E-state index is 10.5. The van der Waals surface area contributed by atoms with Crippen LogP contribution < -0.4 is 5.73 Å². The second-order valence-corrected chi connectivity index (χ2v) is 4.56. The number of primary amides is 1. The zero-order valence-electron chi connectivity index (χ0n) is 8.39. The van der Waals surface area contributed by atoms with Gasteiger partial charge in [0.1, 0.15) is 29.9 Å². The number of hydrogen-bond acceptors (Lipinski definition) is 7. The Labute approximate surface area is 96.2 Å². The van der Waals surface area contributed by atoms with E-state index in [1.54, 1.807) is 0 Å². The van der Waals surface area contributed by atoms with Gasteiger partial charge in [0, 0.05) is 0 Å². The van der Waals surface area contributed by atoms with Crippen LogP contribution in [0.3, 0.4) is 0 Å². The topological polar surface area (TPSA) is 133 Å². The van der Waals surface area contributed by atoms with Gasteiger partial charge in [-0.2, -0.15) is 0 Å². The highest BCUT2D eigenvalue weighted by atomic mass is 32.2. The molecule has 0 saturated carbocycles. The number of aliphatic hydroxyl groups is 4. The average Bonchev–Trinajstić information content (AvgIpc) is 2.25. The maximum atomic E-state index is 10.5. The van der Waals surface area contributed by atoms with Crippen molar-refractivity contribution in [2.75, 3.05) is 12.4 Å². The Morgan fingerprint density at radius 3 is 2.38 bits per heavy atom. The van der Waals surface area contributed by atoms with E-state index in [0.29, 0.717) is 0 Å². The molecule has 1 aliphatic rings. The highest BCUT2D eigenvalue weighted by Crippen LogP contribution is 2.28. The first-order valence-corrected chi connectivity index (χ1v) is 5.72. The van der Waals surface area contributed by atoms with E-state index < -0.39 is 42.4 Å². The molecular weight excluding hydrogens is 238 g/mol.